The first-order valence-electron chi connectivity index (χ1n) is 6.56. The van der Waals surface area contributed by atoms with Crippen LogP contribution in [0.15, 0.2) is 18.6 Å². The van der Waals surface area contributed by atoms with Crippen molar-refractivity contribution in [2.45, 2.75) is 13.0 Å². The van der Waals surface area contributed by atoms with E-state index in [4.69, 9.17) is 23.2 Å². The summed E-state index contributed by atoms with van der Waals surface area (Å²) in [5, 5.41) is 3.46. The van der Waals surface area contributed by atoms with Crippen LogP contribution in [0.3, 0.4) is 0 Å². The topological polar surface area (TPSA) is 61.4 Å². The van der Waals surface area contributed by atoms with Crippen molar-refractivity contribution in [2.24, 2.45) is 7.05 Å². The van der Waals surface area contributed by atoms with E-state index in [1.54, 1.807) is 7.05 Å². The summed E-state index contributed by atoms with van der Waals surface area (Å²) in [7, 11) is 1.66. The van der Waals surface area contributed by atoms with Crippen molar-refractivity contribution >= 4 is 23.2 Å². The van der Waals surface area contributed by atoms with Crippen LogP contribution in [0, 0.1) is 5.82 Å². The van der Waals surface area contributed by atoms with Crippen molar-refractivity contribution in [3.05, 3.63) is 46.2 Å². The Bertz CT molecular complexity index is 892. The minimum absolute atomic E-state index is 0.0149. The van der Waals surface area contributed by atoms with Crippen LogP contribution in [0.4, 0.5) is 13.2 Å². The summed E-state index contributed by atoms with van der Waals surface area (Å²) in [6.45, 7) is -0.0149. The van der Waals surface area contributed by atoms with Gasteiger partial charge in [0, 0.05) is 18.8 Å². The molecule has 0 radical (unpaired) electrons. The molecule has 0 aliphatic rings. The predicted octanol–water partition coefficient (Wildman–Crippen LogP) is 3.51. The number of pyridine rings is 1. The Hall–Kier alpha value is -2.13. The maximum absolute atomic E-state index is 13.7. The first-order valence-corrected chi connectivity index (χ1v) is 7.32. The summed E-state index contributed by atoms with van der Waals surface area (Å²) < 4.78 is 42.6. The fraction of sp³-hybridized carbons (Fsp3) is 0.231. The molecule has 3 aromatic heterocycles. The average Bonchev–Trinajstić information content (AvgIpc) is 3.07. The van der Waals surface area contributed by atoms with Gasteiger partial charge in [0.15, 0.2) is 16.8 Å². The summed E-state index contributed by atoms with van der Waals surface area (Å²) in [6, 6.07) is 1.05. The van der Waals surface area contributed by atoms with Crippen molar-refractivity contribution in [3.8, 4) is 11.4 Å². The lowest BCUT2D eigenvalue weighted by Crippen LogP contribution is -2.05. The Morgan fingerprint density at radius 2 is 2.00 bits per heavy atom. The standard InChI is InChI=1S/C13H9Cl2F3N6/c1-23-5-20-8(22-23)4-24-11(15)9(12(17)18)21-13(24)6-2-7(16)10(14)19-3-6/h2-3,5,12H,4H2,1H3. The fourth-order valence-corrected chi connectivity index (χ4v) is 2.46. The summed E-state index contributed by atoms with van der Waals surface area (Å²) in [5.74, 6) is -0.443. The minimum atomic E-state index is -2.89. The van der Waals surface area contributed by atoms with Crippen LogP contribution in [0.1, 0.15) is 17.9 Å². The normalized spacial score (nSPS) is 11.5. The summed E-state index contributed by atoms with van der Waals surface area (Å²) >= 11 is 11.6. The van der Waals surface area contributed by atoms with Crippen molar-refractivity contribution in [3.63, 3.8) is 0 Å². The molecule has 3 aromatic rings. The molecule has 6 nitrogen and oxygen atoms in total. The third kappa shape index (κ3) is 3.09. The lowest BCUT2D eigenvalue weighted by Gasteiger charge is -2.07. The van der Waals surface area contributed by atoms with Crippen molar-refractivity contribution < 1.29 is 13.2 Å². The molecule has 0 unspecified atom stereocenters. The van der Waals surface area contributed by atoms with Gasteiger partial charge in [-0.25, -0.2) is 28.1 Å². The zero-order valence-corrected chi connectivity index (χ0v) is 13.6. The zero-order valence-electron chi connectivity index (χ0n) is 12.1. The van der Waals surface area contributed by atoms with Crippen molar-refractivity contribution in [1.29, 1.82) is 0 Å². The lowest BCUT2D eigenvalue weighted by atomic mass is 10.2. The Balaban J connectivity index is 2.12. The number of hydrogen-bond donors (Lipinski definition) is 0. The van der Waals surface area contributed by atoms with Crippen LogP contribution < -0.4 is 0 Å². The molecule has 3 heterocycles. The highest BCUT2D eigenvalue weighted by molar-refractivity contribution is 6.30. The quantitative estimate of drug-likeness (QED) is 0.653. The van der Waals surface area contributed by atoms with E-state index in [-0.39, 0.29) is 28.2 Å². The van der Waals surface area contributed by atoms with Crippen LogP contribution in [0.2, 0.25) is 10.3 Å². The van der Waals surface area contributed by atoms with Gasteiger partial charge in [-0.2, -0.15) is 5.10 Å². The molecule has 0 amide bonds. The Morgan fingerprint density at radius 3 is 2.58 bits per heavy atom. The highest BCUT2D eigenvalue weighted by Gasteiger charge is 2.24. The second kappa shape index (κ2) is 6.40. The van der Waals surface area contributed by atoms with Gasteiger partial charge in [-0.05, 0) is 6.07 Å². The first kappa shape index (κ1) is 16.7. The van der Waals surface area contributed by atoms with Crippen LogP contribution in [0.5, 0.6) is 0 Å². The van der Waals surface area contributed by atoms with Crippen LogP contribution in [0.25, 0.3) is 11.4 Å². The Labute approximate surface area is 143 Å². The van der Waals surface area contributed by atoms with Gasteiger partial charge < -0.3 is 4.57 Å². The molecule has 0 N–H and O–H groups in total. The van der Waals surface area contributed by atoms with Gasteiger partial charge in [0.1, 0.15) is 23.0 Å². The van der Waals surface area contributed by atoms with Crippen LogP contribution in [-0.2, 0) is 13.6 Å². The van der Waals surface area contributed by atoms with Crippen LogP contribution >= 0.6 is 23.2 Å². The summed E-state index contributed by atoms with van der Waals surface area (Å²) in [5.41, 5.74) is -0.459. The molecular weight excluding hydrogens is 368 g/mol. The monoisotopic (exact) mass is 376 g/mol. The Morgan fingerprint density at radius 1 is 1.25 bits per heavy atom. The van der Waals surface area contributed by atoms with Crippen LogP contribution in [-0.4, -0.2) is 29.3 Å². The van der Waals surface area contributed by atoms with Gasteiger partial charge in [0.05, 0.1) is 6.54 Å². The largest absolute Gasteiger partial charge is 0.307 e. The highest BCUT2D eigenvalue weighted by Crippen LogP contribution is 2.32. The molecule has 0 saturated heterocycles. The molecule has 0 atom stereocenters. The molecule has 11 heteroatoms. The predicted molar refractivity (Wildman–Crippen MR) is 80.5 cm³/mol. The molecule has 0 spiro atoms. The number of aromatic nitrogens is 6. The lowest BCUT2D eigenvalue weighted by molar-refractivity contribution is 0.146. The van der Waals surface area contributed by atoms with E-state index in [0.717, 1.165) is 6.07 Å². The van der Waals surface area contributed by atoms with Gasteiger partial charge in [0.2, 0.25) is 0 Å². The molecule has 0 bridgehead atoms. The smallest absolute Gasteiger partial charge is 0.283 e. The molecule has 3 rings (SSSR count). The van der Waals surface area contributed by atoms with Crippen molar-refractivity contribution in [2.75, 3.05) is 0 Å². The van der Waals surface area contributed by atoms with E-state index in [1.165, 1.54) is 21.8 Å². The average molecular weight is 377 g/mol. The Kier molecular flexibility index (Phi) is 4.46. The van der Waals surface area contributed by atoms with Gasteiger partial charge in [-0.3, -0.25) is 4.68 Å². The molecule has 24 heavy (non-hydrogen) atoms. The number of alkyl halides is 2. The van der Waals surface area contributed by atoms with Gasteiger partial charge in [-0.15, -0.1) is 0 Å². The van der Waals surface area contributed by atoms with Gasteiger partial charge in [0.25, 0.3) is 6.43 Å². The maximum Gasteiger partial charge on any atom is 0.283 e. The number of rotatable bonds is 4. The highest BCUT2D eigenvalue weighted by atomic mass is 35.5. The zero-order chi connectivity index (χ0) is 17.4. The van der Waals surface area contributed by atoms with Gasteiger partial charge in [-0.1, -0.05) is 23.2 Å². The second-order valence-electron chi connectivity index (χ2n) is 4.83. The molecule has 0 saturated carbocycles. The van der Waals surface area contributed by atoms with E-state index >= 15 is 0 Å². The number of imidazole rings is 1. The third-order valence-corrected chi connectivity index (χ3v) is 3.81. The molecule has 0 aromatic carbocycles. The minimum Gasteiger partial charge on any atom is -0.307 e. The van der Waals surface area contributed by atoms with Gasteiger partial charge >= 0.3 is 0 Å². The second-order valence-corrected chi connectivity index (χ2v) is 5.55. The van der Waals surface area contributed by atoms with E-state index in [2.05, 4.69) is 20.1 Å². The molecule has 0 aliphatic carbocycles. The molecule has 0 aliphatic heterocycles. The third-order valence-electron chi connectivity index (χ3n) is 3.14. The molecular formula is C13H9Cl2F3N6. The van der Waals surface area contributed by atoms with E-state index in [0.29, 0.717) is 5.82 Å². The van der Waals surface area contributed by atoms with E-state index in [1.807, 2.05) is 0 Å². The van der Waals surface area contributed by atoms with E-state index in [9.17, 15) is 13.2 Å². The molecule has 126 valence electrons. The molecule has 0 fully saturated rings. The summed E-state index contributed by atoms with van der Waals surface area (Å²) in [6.07, 6.45) is -0.210. The summed E-state index contributed by atoms with van der Waals surface area (Å²) in [4.78, 5) is 11.5. The number of nitrogens with zero attached hydrogens (tertiary/aromatic N) is 6. The van der Waals surface area contributed by atoms with Crippen molar-refractivity contribution in [1.82, 2.24) is 29.3 Å². The SMILES string of the molecule is Cn1cnc(Cn2c(-c3cnc(Cl)c(F)c3)nc(C(F)F)c2Cl)n1. The number of halogens is 5. The number of hydrogen-bond acceptors (Lipinski definition) is 4. The van der Waals surface area contributed by atoms with E-state index < -0.39 is 17.9 Å². The fourth-order valence-electron chi connectivity index (χ4n) is 2.10. The first-order chi connectivity index (χ1) is 11.4. The maximum atomic E-state index is 13.7. The number of aryl methyl sites for hydroxylation is 1.